The van der Waals surface area contributed by atoms with Gasteiger partial charge in [-0.25, -0.2) is 17.9 Å². The first-order chi connectivity index (χ1) is 9.96. The molecule has 7 nitrogen and oxygen atoms in total. The largest absolute Gasteiger partial charge is 0.496 e. The van der Waals surface area contributed by atoms with Crippen LogP contribution in [-0.2, 0) is 14.8 Å². The number of hydrogen-bond donors (Lipinski definition) is 2. The van der Waals surface area contributed by atoms with Crippen molar-refractivity contribution in [2.45, 2.75) is 11.3 Å². The standard InChI is InChI=1S/C13H20N2O5S/c1-14-7-4-8-15-21(17,18)10-5-6-11(13(16)20-3)12(9-10)19-2/h5-6,9,14-15H,4,7-8H2,1-3H3. The van der Waals surface area contributed by atoms with E-state index < -0.39 is 16.0 Å². The fraction of sp³-hybridized carbons (Fsp3) is 0.462. The van der Waals surface area contributed by atoms with E-state index in [1.54, 1.807) is 7.05 Å². The summed E-state index contributed by atoms with van der Waals surface area (Å²) in [5.74, 6) is -0.433. The zero-order valence-electron chi connectivity index (χ0n) is 12.3. The molecular weight excluding hydrogens is 296 g/mol. The average Bonchev–Trinajstić information content (AvgIpc) is 2.50. The normalized spacial score (nSPS) is 11.2. The monoisotopic (exact) mass is 316 g/mol. The summed E-state index contributed by atoms with van der Waals surface area (Å²) >= 11 is 0. The minimum absolute atomic E-state index is 0.0384. The number of carbonyl (C=O) groups excluding carboxylic acids is 1. The van der Waals surface area contributed by atoms with Gasteiger partial charge in [-0.2, -0.15) is 0 Å². The Kier molecular flexibility index (Phi) is 6.60. The van der Waals surface area contributed by atoms with Crippen molar-refractivity contribution in [2.24, 2.45) is 0 Å². The third kappa shape index (κ3) is 4.69. The lowest BCUT2D eigenvalue weighted by atomic mass is 10.2. The third-order valence-corrected chi connectivity index (χ3v) is 4.24. The zero-order valence-corrected chi connectivity index (χ0v) is 13.1. The second kappa shape index (κ2) is 7.96. The van der Waals surface area contributed by atoms with Gasteiger partial charge in [-0.1, -0.05) is 0 Å². The highest BCUT2D eigenvalue weighted by molar-refractivity contribution is 7.89. The Hall–Kier alpha value is -1.64. The maximum absolute atomic E-state index is 12.1. The first-order valence-corrected chi connectivity index (χ1v) is 7.85. The van der Waals surface area contributed by atoms with E-state index in [-0.39, 0.29) is 16.2 Å². The van der Waals surface area contributed by atoms with Gasteiger partial charge in [0.1, 0.15) is 11.3 Å². The average molecular weight is 316 g/mol. The van der Waals surface area contributed by atoms with E-state index >= 15 is 0 Å². The molecule has 0 saturated heterocycles. The molecule has 0 saturated carbocycles. The van der Waals surface area contributed by atoms with E-state index in [1.165, 1.54) is 32.4 Å². The van der Waals surface area contributed by atoms with Crippen LogP contribution in [0, 0.1) is 0 Å². The Bertz CT molecular complexity index is 586. The van der Waals surface area contributed by atoms with E-state index in [4.69, 9.17) is 4.74 Å². The Morgan fingerprint density at radius 3 is 2.52 bits per heavy atom. The van der Waals surface area contributed by atoms with E-state index in [2.05, 4.69) is 14.8 Å². The van der Waals surface area contributed by atoms with E-state index in [1.807, 2.05) is 0 Å². The third-order valence-electron chi connectivity index (χ3n) is 2.78. The van der Waals surface area contributed by atoms with Crippen LogP contribution >= 0.6 is 0 Å². The number of sulfonamides is 1. The van der Waals surface area contributed by atoms with Crippen molar-refractivity contribution < 1.29 is 22.7 Å². The molecule has 0 aromatic heterocycles. The highest BCUT2D eigenvalue weighted by Gasteiger charge is 2.19. The van der Waals surface area contributed by atoms with Gasteiger partial charge in [-0.15, -0.1) is 0 Å². The first-order valence-electron chi connectivity index (χ1n) is 6.37. The van der Waals surface area contributed by atoms with Gasteiger partial charge in [0.05, 0.1) is 19.1 Å². The molecule has 0 spiro atoms. The molecule has 0 aliphatic rings. The SMILES string of the molecule is CNCCCNS(=O)(=O)c1ccc(C(=O)OC)c(OC)c1. The summed E-state index contributed by atoms with van der Waals surface area (Å²) < 4.78 is 36.4. The molecule has 0 bridgehead atoms. The van der Waals surface area contributed by atoms with Crippen LogP contribution in [0.15, 0.2) is 23.1 Å². The second-order valence-electron chi connectivity index (χ2n) is 4.21. The predicted octanol–water partition coefficient (Wildman–Crippen LogP) is 0.370. The van der Waals surface area contributed by atoms with E-state index in [0.29, 0.717) is 19.5 Å². The van der Waals surface area contributed by atoms with Gasteiger partial charge in [0.25, 0.3) is 0 Å². The molecule has 21 heavy (non-hydrogen) atoms. The van der Waals surface area contributed by atoms with Crippen molar-refractivity contribution in [1.82, 2.24) is 10.0 Å². The molecule has 1 aromatic rings. The minimum Gasteiger partial charge on any atom is -0.496 e. The molecular formula is C13H20N2O5S. The smallest absolute Gasteiger partial charge is 0.341 e. The molecule has 0 aliphatic heterocycles. The summed E-state index contributed by atoms with van der Waals surface area (Å²) in [5, 5.41) is 2.93. The van der Waals surface area contributed by atoms with Crippen LogP contribution in [0.3, 0.4) is 0 Å². The molecule has 0 atom stereocenters. The van der Waals surface area contributed by atoms with Gasteiger partial charge in [-0.3, -0.25) is 0 Å². The quantitative estimate of drug-likeness (QED) is 0.531. The fourth-order valence-corrected chi connectivity index (χ4v) is 2.76. The Morgan fingerprint density at radius 2 is 1.95 bits per heavy atom. The number of ether oxygens (including phenoxy) is 2. The summed E-state index contributed by atoms with van der Waals surface area (Å²) in [7, 11) is 0.770. The molecule has 1 rings (SSSR count). The van der Waals surface area contributed by atoms with E-state index in [9.17, 15) is 13.2 Å². The summed E-state index contributed by atoms with van der Waals surface area (Å²) in [4.78, 5) is 11.6. The minimum atomic E-state index is -3.63. The summed E-state index contributed by atoms with van der Waals surface area (Å²) in [6.45, 7) is 1.04. The molecule has 0 fully saturated rings. The van der Waals surface area contributed by atoms with Crippen molar-refractivity contribution >= 4 is 16.0 Å². The number of benzene rings is 1. The summed E-state index contributed by atoms with van der Waals surface area (Å²) in [6, 6.07) is 4.01. The number of esters is 1. The Labute approximate surface area is 124 Å². The number of carbonyl (C=O) groups is 1. The highest BCUT2D eigenvalue weighted by Crippen LogP contribution is 2.23. The second-order valence-corrected chi connectivity index (χ2v) is 5.98. The van der Waals surface area contributed by atoms with Crippen LogP contribution in [0.1, 0.15) is 16.8 Å². The van der Waals surface area contributed by atoms with Crippen molar-refractivity contribution in [3.63, 3.8) is 0 Å². The molecule has 0 heterocycles. The predicted molar refractivity (Wildman–Crippen MR) is 78.1 cm³/mol. The van der Waals surface area contributed by atoms with Crippen LogP contribution in [0.5, 0.6) is 5.75 Å². The zero-order chi connectivity index (χ0) is 15.9. The fourth-order valence-electron chi connectivity index (χ4n) is 1.67. The van der Waals surface area contributed by atoms with Crippen molar-refractivity contribution in [2.75, 3.05) is 34.4 Å². The van der Waals surface area contributed by atoms with E-state index in [0.717, 1.165) is 0 Å². The molecule has 0 radical (unpaired) electrons. The van der Waals surface area contributed by atoms with Crippen molar-refractivity contribution in [3.05, 3.63) is 23.8 Å². The summed E-state index contributed by atoms with van der Waals surface area (Å²) in [6.07, 6.45) is 0.674. The lowest BCUT2D eigenvalue weighted by Gasteiger charge is -2.10. The van der Waals surface area contributed by atoms with Gasteiger partial charge in [0, 0.05) is 12.6 Å². The molecule has 2 N–H and O–H groups in total. The van der Waals surface area contributed by atoms with Gasteiger partial charge >= 0.3 is 5.97 Å². The number of hydrogen-bond acceptors (Lipinski definition) is 6. The van der Waals surface area contributed by atoms with Gasteiger partial charge < -0.3 is 14.8 Å². The topological polar surface area (TPSA) is 93.7 Å². The maximum Gasteiger partial charge on any atom is 0.341 e. The highest BCUT2D eigenvalue weighted by atomic mass is 32.2. The Balaban J connectivity index is 2.95. The maximum atomic E-state index is 12.1. The molecule has 1 aromatic carbocycles. The molecule has 8 heteroatoms. The molecule has 0 unspecified atom stereocenters. The van der Waals surface area contributed by atoms with Crippen LogP contribution in [-0.4, -0.2) is 48.7 Å². The van der Waals surface area contributed by atoms with Crippen molar-refractivity contribution in [1.29, 1.82) is 0 Å². The van der Waals surface area contributed by atoms with Gasteiger partial charge in [0.2, 0.25) is 10.0 Å². The number of rotatable bonds is 8. The molecule has 0 aliphatic carbocycles. The summed E-state index contributed by atoms with van der Waals surface area (Å²) in [5.41, 5.74) is 0.175. The van der Waals surface area contributed by atoms with Crippen LogP contribution in [0.2, 0.25) is 0 Å². The Morgan fingerprint density at radius 1 is 1.24 bits per heavy atom. The van der Waals surface area contributed by atoms with Crippen molar-refractivity contribution in [3.8, 4) is 5.75 Å². The van der Waals surface area contributed by atoms with Crippen LogP contribution in [0.4, 0.5) is 0 Å². The lowest BCUT2D eigenvalue weighted by molar-refractivity contribution is 0.0597. The number of nitrogens with one attached hydrogen (secondary N) is 2. The lowest BCUT2D eigenvalue weighted by Crippen LogP contribution is -2.27. The molecule has 118 valence electrons. The van der Waals surface area contributed by atoms with Crippen LogP contribution < -0.4 is 14.8 Å². The van der Waals surface area contributed by atoms with Gasteiger partial charge in [0.15, 0.2) is 0 Å². The first kappa shape index (κ1) is 17.4. The number of methoxy groups -OCH3 is 2. The molecule has 0 amide bonds. The van der Waals surface area contributed by atoms with Gasteiger partial charge in [-0.05, 0) is 32.1 Å². The van der Waals surface area contributed by atoms with Crippen LogP contribution in [0.25, 0.3) is 0 Å².